The fourth-order valence-corrected chi connectivity index (χ4v) is 2.44. The third kappa shape index (κ3) is 5.19. The highest BCUT2D eigenvalue weighted by Gasteiger charge is 2.11. The van der Waals surface area contributed by atoms with Crippen LogP contribution in [0.15, 0.2) is 54.2 Å². The zero-order valence-corrected chi connectivity index (χ0v) is 15.5. The first-order chi connectivity index (χ1) is 13.0. The number of nitrogens with one attached hydrogen (secondary N) is 2. The van der Waals surface area contributed by atoms with Gasteiger partial charge in [0.15, 0.2) is 0 Å². The van der Waals surface area contributed by atoms with Crippen LogP contribution < -0.4 is 10.6 Å². The van der Waals surface area contributed by atoms with Crippen LogP contribution in [0.4, 0.5) is 11.4 Å². The monoisotopic (exact) mass is 363 g/mol. The number of esters is 1. The van der Waals surface area contributed by atoms with Crippen LogP contribution >= 0.6 is 0 Å². The summed E-state index contributed by atoms with van der Waals surface area (Å²) in [6.45, 7) is 5.91. The maximum absolute atomic E-state index is 12.3. The molecule has 0 unspecified atom stereocenters. The molecule has 0 fully saturated rings. The first-order valence-electron chi connectivity index (χ1n) is 8.47. The largest absolute Gasteiger partial charge is 0.462 e. The molecule has 0 atom stereocenters. The summed E-state index contributed by atoms with van der Waals surface area (Å²) in [6.07, 6.45) is 1.39. The molecule has 0 aliphatic carbocycles. The Bertz CT molecular complexity index is 889. The zero-order valence-electron chi connectivity index (χ0n) is 15.5. The number of aryl methyl sites for hydroxylation is 2. The third-order valence-corrected chi connectivity index (χ3v) is 3.86. The van der Waals surface area contributed by atoms with Gasteiger partial charge in [0.1, 0.15) is 11.6 Å². The number of amides is 1. The van der Waals surface area contributed by atoms with Crippen LogP contribution in [0.2, 0.25) is 0 Å². The van der Waals surface area contributed by atoms with Crippen LogP contribution in [-0.2, 0) is 9.53 Å². The van der Waals surface area contributed by atoms with Crippen molar-refractivity contribution in [3.05, 3.63) is 70.9 Å². The summed E-state index contributed by atoms with van der Waals surface area (Å²) in [6, 6.07) is 14.0. The van der Waals surface area contributed by atoms with Gasteiger partial charge in [-0.2, -0.15) is 5.26 Å². The molecule has 0 heterocycles. The number of carbonyl (C=O) groups is 2. The van der Waals surface area contributed by atoms with E-state index in [9.17, 15) is 14.9 Å². The quantitative estimate of drug-likeness (QED) is 0.461. The topological polar surface area (TPSA) is 91.2 Å². The van der Waals surface area contributed by atoms with Crippen LogP contribution in [-0.4, -0.2) is 18.5 Å². The number of nitriles is 1. The summed E-state index contributed by atoms with van der Waals surface area (Å²) >= 11 is 0. The lowest BCUT2D eigenvalue weighted by Gasteiger charge is -2.10. The predicted molar refractivity (Wildman–Crippen MR) is 104 cm³/mol. The van der Waals surface area contributed by atoms with E-state index in [2.05, 4.69) is 10.6 Å². The summed E-state index contributed by atoms with van der Waals surface area (Å²) in [5, 5.41) is 15.0. The minimum Gasteiger partial charge on any atom is -0.462 e. The summed E-state index contributed by atoms with van der Waals surface area (Å²) in [4.78, 5) is 24.0. The number of anilines is 2. The summed E-state index contributed by atoms with van der Waals surface area (Å²) in [5.41, 5.74) is 3.69. The van der Waals surface area contributed by atoms with Crippen molar-refractivity contribution in [3.63, 3.8) is 0 Å². The number of hydrogen-bond donors (Lipinski definition) is 2. The van der Waals surface area contributed by atoms with Crippen LogP contribution in [0.1, 0.15) is 28.4 Å². The van der Waals surface area contributed by atoms with E-state index in [4.69, 9.17) is 4.74 Å². The van der Waals surface area contributed by atoms with E-state index in [0.29, 0.717) is 17.9 Å². The second-order valence-corrected chi connectivity index (χ2v) is 5.83. The van der Waals surface area contributed by atoms with Crippen molar-refractivity contribution in [3.8, 4) is 6.07 Å². The van der Waals surface area contributed by atoms with Crippen molar-refractivity contribution in [1.29, 1.82) is 5.26 Å². The molecular weight excluding hydrogens is 342 g/mol. The van der Waals surface area contributed by atoms with Gasteiger partial charge in [-0.1, -0.05) is 18.2 Å². The van der Waals surface area contributed by atoms with Crippen LogP contribution in [0.5, 0.6) is 0 Å². The molecule has 27 heavy (non-hydrogen) atoms. The van der Waals surface area contributed by atoms with E-state index in [1.165, 1.54) is 6.20 Å². The molecule has 0 bridgehead atoms. The Kier molecular flexibility index (Phi) is 6.73. The lowest BCUT2D eigenvalue weighted by Crippen LogP contribution is -2.15. The van der Waals surface area contributed by atoms with Gasteiger partial charge < -0.3 is 15.4 Å². The molecule has 0 aliphatic rings. The second kappa shape index (κ2) is 9.20. The molecule has 0 saturated carbocycles. The van der Waals surface area contributed by atoms with Crippen molar-refractivity contribution in [2.45, 2.75) is 20.8 Å². The average molecular weight is 363 g/mol. The standard InChI is InChI=1S/C21H21N3O3/c1-4-27-21(26)16-8-10-18(11-9-16)24-20(25)17(12-22)13-23-19-14(2)6-5-7-15(19)3/h5-11,13,23H,4H2,1-3H3,(H,24,25)/b17-13-. The predicted octanol–water partition coefficient (Wildman–Crippen LogP) is 3.94. The van der Waals surface area contributed by atoms with Crippen molar-refractivity contribution >= 4 is 23.3 Å². The number of rotatable bonds is 6. The van der Waals surface area contributed by atoms with Gasteiger partial charge in [-0.3, -0.25) is 4.79 Å². The van der Waals surface area contributed by atoms with Crippen LogP contribution in [0.3, 0.4) is 0 Å². The number of hydrogen-bond acceptors (Lipinski definition) is 5. The number of benzene rings is 2. The Morgan fingerprint density at radius 2 is 1.74 bits per heavy atom. The summed E-state index contributed by atoms with van der Waals surface area (Å²) in [5.74, 6) is -0.967. The van der Waals surface area contributed by atoms with E-state index >= 15 is 0 Å². The first kappa shape index (κ1) is 19.7. The van der Waals surface area contributed by atoms with Crippen LogP contribution in [0.25, 0.3) is 0 Å². The highest BCUT2D eigenvalue weighted by Crippen LogP contribution is 2.20. The normalized spacial score (nSPS) is 10.7. The van der Waals surface area contributed by atoms with E-state index in [0.717, 1.165) is 16.8 Å². The lowest BCUT2D eigenvalue weighted by molar-refractivity contribution is -0.112. The number of ether oxygens (including phenoxy) is 1. The second-order valence-electron chi connectivity index (χ2n) is 5.83. The highest BCUT2D eigenvalue weighted by atomic mass is 16.5. The van der Waals surface area contributed by atoms with E-state index < -0.39 is 11.9 Å². The maximum Gasteiger partial charge on any atom is 0.338 e. The average Bonchev–Trinajstić information content (AvgIpc) is 2.65. The molecule has 6 heteroatoms. The Hall–Kier alpha value is -3.59. The molecule has 6 nitrogen and oxygen atoms in total. The lowest BCUT2D eigenvalue weighted by atomic mass is 10.1. The number of nitrogens with zero attached hydrogens (tertiary/aromatic N) is 1. The van der Waals surface area contributed by atoms with Crippen molar-refractivity contribution < 1.29 is 14.3 Å². The first-order valence-corrected chi connectivity index (χ1v) is 8.47. The molecule has 2 aromatic carbocycles. The van der Waals surface area contributed by atoms with E-state index in [-0.39, 0.29) is 5.57 Å². The molecule has 2 rings (SSSR count). The van der Waals surface area contributed by atoms with Gasteiger partial charge in [-0.15, -0.1) is 0 Å². The Morgan fingerprint density at radius 1 is 1.11 bits per heavy atom. The Balaban J connectivity index is 2.09. The molecule has 138 valence electrons. The maximum atomic E-state index is 12.3. The summed E-state index contributed by atoms with van der Waals surface area (Å²) < 4.78 is 4.91. The molecule has 0 saturated heterocycles. The summed E-state index contributed by atoms with van der Waals surface area (Å²) in [7, 11) is 0. The number of para-hydroxylation sites is 1. The van der Waals surface area contributed by atoms with Crippen molar-refractivity contribution in [1.82, 2.24) is 0 Å². The minimum atomic E-state index is -0.542. The highest BCUT2D eigenvalue weighted by molar-refractivity contribution is 6.07. The smallest absolute Gasteiger partial charge is 0.338 e. The zero-order chi connectivity index (χ0) is 19.8. The fourth-order valence-electron chi connectivity index (χ4n) is 2.44. The van der Waals surface area contributed by atoms with Crippen LogP contribution in [0, 0.1) is 25.2 Å². The molecule has 1 amide bonds. The molecule has 0 radical (unpaired) electrons. The molecule has 0 aromatic heterocycles. The SMILES string of the molecule is CCOC(=O)c1ccc(NC(=O)/C(C#N)=C\Nc2c(C)cccc2C)cc1. The van der Waals surface area contributed by atoms with Crippen molar-refractivity contribution in [2.24, 2.45) is 0 Å². The minimum absolute atomic E-state index is 0.0628. The fraction of sp³-hybridized carbons (Fsp3) is 0.190. The van der Waals surface area contributed by atoms with Crippen molar-refractivity contribution in [2.75, 3.05) is 17.2 Å². The van der Waals surface area contributed by atoms with Gasteiger partial charge in [-0.25, -0.2) is 4.79 Å². The van der Waals surface area contributed by atoms with Gasteiger partial charge >= 0.3 is 5.97 Å². The Labute approximate surface area is 158 Å². The van der Waals surface area contributed by atoms with Gasteiger partial charge in [0.05, 0.1) is 12.2 Å². The molecule has 0 spiro atoms. The van der Waals surface area contributed by atoms with E-state index in [1.54, 1.807) is 31.2 Å². The van der Waals surface area contributed by atoms with E-state index in [1.807, 2.05) is 38.1 Å². The van der Waals surface area contributed by atoms with Gasteiger partial charge in [0.2, 0.25) is 0 Å². The third-order valence-electron chi connectivity index (χ3n) is 3.86. The molecule has 2 aromatic rings. The molecule has 0 aliphatic heterocycles. The number of carbonyl (C=O) groups excluding carboxylic acids is 2. The molecular formula is C21H21N3O3. The Morgan fingerprint density at radius 3 is 2.30 bits per heavy atom. The van der Waals surface area contributed by atoms with Gasteiger partial charge in [0, 0.05) is 17.6 Å². The van der Waals surface area contributed by atoms with Gasteiger partial charge in [-0.05, 0) is 56.2 Å². The van der Waals surface area contributed by atoms with Gasteiger partial charge in [0.25, 0.3) is 5.91 Å². The molecule has 2 N–H and O–H groups in total.